The third-order valence-corrected chi connectivity index (χ3v) is 5.43. The lowest BCUT2D eigenvalue weighted by atomic mass is 9.89. The fourth-order valence-electron chi connectivity index (χ4n) is 2.22. The summed E-state index contributed by atoms with van der Waals surface area (Å²) in [5, 5.41) is 3.03. The second-order valence-electron chi connectivity index (χ2n) is 4.54. The van der Waals surface area contributed by atoms with E-state index in [0.717, 1.165) is 17.1 Å². The first-order valence-electron chi connectivity index (χ1n) is 6.01. The molecule has 2 rings (SSSR count). The molecule has 5 heteroatoms. The Balaban J connectivity index is 1.86. The Morgan fingerprint density at radius 1 is 1.59 bits per heavy atom. The topological polar surface area (TPSA) is 42.0 Å². The molecular formula is C12H17BrN2OS. The Morgan fingerprint density at radius 2 is 2.35 bits per heavy atom. The molecule has 1 heterocycles. The number of hydrogen-bond donors (Lipinski definition) is 1. The molecule has 0 aliphatic heterocycles. The number of hydrogen-bond acceptors (Lipinski definition) is 3. The van der Waals surface area contributed by atoms with Gasteiger partial charge in [0.25, 0.3) is 5.91 Å². The molecule has 1 amide bonds. The predicted molar refractivity (Wildman–Crippen MR) is 73.9 cm³/mol. The summed E-state index contributed by atoms with van der Waals surface area (Å²) in [6.07, 6.45) is 5.01. The van der Waals surface area contributed by atoms with Gasteiger partial charge < -0.3 is 5.32 Å². The highest BCUT2D eigenvalue weighted by atomic mass is 79.9. The molecular weight excluding hydrogens is 300 g/mol. The Labute approximate surface area is 114 Å². The van der Waals surface area contributed by atoms with E-state index >= 15 is 0 Å². The van der Waals surface area contributed by atoms with E-state index in [-0.39, 0.29) is 5.91 Å². The molecule has 1 aromatic rings. The van der Waals surface area contributed by atoms with Gasteiger partial charge >= 0.3 is 0 Å². The number of aromatic nitrogens is 1. The molecule has 0 saturated heterocycles. The molecule has 1 N–H and O–H groups in total. The fourth-order valence-corrected chi connectivity index (χ4v) is 3.71. The summed E-state index contributed by atoms with van der Waals surface area (Å²) in [5.41, 5.74) is 2.55. The zero-order valence-corrected chi connectivity index (χ0v) is 12.3. The summed E-state index contributed by atoms with van der Waals surface area (Å²) in [6, 6.07) is 0. The molecule has 1 aliphatic carbocycles. The standard InChI is InChI=1S/C12H17BrN2OS/c1-8-11(17-7-15-8)12(16)14-6-9-4-2-3-5-10(9)13/h7,9-10H,2-6H2,1H3,(H,14,16). The minimum Gasteiger partial charge on any atom is -0.351 e. The Hall–Kier alpha value is -0.420. The molecule has 2 atom stereocenters. The molecule has 0 bridgehead atoms. The van der Waals surface area contributed by atoms with Gasteiger partial charge in [-0.15, -0.1) is 11.3 Å². The van der Waals surface area contributed by atoms with E-state index in [9.17, 15) is 4.79 Å². The van der Waals surface area contributed by atoms with E-state index in [2.05, 4.69) is 26.2 Å². The number of halogens is 1. The summed E-state index contributed by atoms with van der Waals surface area (Å²) in [4.78, 5) is 17.3. The normalized spacial score (nSPS) is 24.6. The lowest BCUT2D eigenvalue weighted by Crippen LogP contribution is -2.34. The van der Waals surface area contributed by atoms with E-state index in [1.807, 2.05) is 6.92 Å². The average Bonchev–Trinajstić information content (AvgIpc) is 2.74. The highest BCUT2D eigenvalue weighted by Crippen LogP contribution is 2.29. The van der Waals surface area contributed by atoms with Gasteiger partial charge in [-0.3, -0.25) is 4.79 Å². The van der Waals surface area contributed by atoms with Crippen molar-refractivity contribution in [1.29, 1.82) is 0 Å². The van der Waals surface area contributed by atoms with Gasteiger partial charge in [-0.2, -0.15) is 0 Å². The number of thiazole rings is 1. The quantitative estimate of drug-likeness (QED) is 0.870. The number of alkyl halides is 1. The number of carbonyl (C=O) groups excluding carboxylic acids is 1. The molecule has 0 spiro atoms. The first kappa shape index (κ1) is 13.0. The van der Waals surface area contributed by atoms with E-state index < -0.39 is 0 Å². The fraction of sp³-hybridized carbons (Fsp3) is 0.667. The maximum atomic E-state index is 11.9. The van der Waals surface area contributed by atoms with Gasteiger partial charge in [0.1, 0.15) is 4.88 Å². The number of nitrogens with zero attached hydrogens (tertiary/aromatic N) is 1. The van der Waals surface area contributed by atoms with Gasteiger partial charge in [-0.1, -0.05) is 28.8 Å². The van der Waals surface area contributed by atoms with Crippen LogP contribution < -0.4 is 5.32 Å². The van der Waals surface area contributed by atoms with Crippen LogP contribution in [0.15, 0.2) is 5.51 Å². The monoisotopic (exact) mass is 316 g/mol. The van der Waals surface area contributed by atoms with Crippen LogP contribution >= 0.6 is 27.3 Å². The number of carbonyl (C=O) groups is 1. The van der Waals surface area contributed by atoms with Gasteiger partial charge in [0.15, 0.2) is 0 Å². The molecule has 1 saturated carbocycles. The number of aryl methyl sites for hydroxylation is 1. The summed E-state index contributed by atoms with van der Waals surface area (Å²) in [7, 11) is 0. The second kappa shape index (κ2) is 5.96. The SMILES string of the molecule is Cc1ncsc1C(=O)NCC1CCCCC1Br. The summed E-state index contributed by atoms with van der Waals surface area (Å²) < 4.78 is 0. The van der Waals surface area contributed by atoms with Crippen molar-refractivity contribution < 1.29 is 4.79 Å². The van der Waals surface area contributed by atoms with Crippen LogP contribution in [-0.4, -0.2) is 22.3 Å². The van der Waals surface area contributed by atoms with Gasteiger partial charge in [0.2, 0.25) is 0 Å². The van der Waals surface area contributed by atoms with Crippen LogP contribution in [0.5, 0.6) is 0 Å². The van der Waals surface area contributed by atoms with Crippen LogP contribution in [0.2, 0.25) is 0 Å². The summed E-state index contributed by atoms with van der Waals surface area (Å²) in [5.74, 6) is 0.594. The van der Waals surface area contributed by atoms with Gasteiger partial charge in [-0.05, 0) is 25.7 Å². The van der Waals surface area contributed by atoms with Crippen molar-refractivity contribution in [2.24, 2.45) is 5.92 Å². The van der Waals surface area contributed by atoms with E-state index in [4.69, 9.17) is 0 Å². The number of amides is 1. The molecule has 1 aliphatic rings. The van der Waals surface area contributed by atoms with Crippen molar-refractivity contribution in [3.8, 4) is 0 Å². The molecule has 1 fully saturated rings. The molecule has 94 valence electrons. The van der Waals surface area contributed by atoms with Crippen molar-refractivity contribution in [2.45, 2.75) is 37.4 Å². The predicted octanol–water partition coefficient (Wildman–Crippen LogP) is 3.14. The van der Waals surface area contributed by atoms with Crippen LogP contribution in [0.1, 0.15) is 41.0 Å². The first-order chi connectivity index (χ1) is 8.18. The lowest BCUT2D eigenvalue weighted by Gasteiger charge is -2.27. The number of rotatable bonds is 3. The Morgan fingerprint density at radius 3 is 3.00 bits per heavy atom. The van der Waals surface area contributed by atoms with Gasteiger partial charge in [0, 0.05) is 11.4 Å². The van der Waals surface area contributed by atoms with Crippen molar-refractivity contribution >= 4 is 33.2 Å². The summed E-state index contributed by atoms with van der Waals surface area (Å²) in [6.45, 7) is 2.64. The summed E-state index contributed by atoms with van der Waals surface area (Å²) >= 11 is 5.12. The van der Waals surface area contributed by atoms with Crippen LogP contribution in [0.3, 0.4) is 0 Å². The molecule has 3 nitrogen and oxygen atoms in total. The van der Waals surface area contributed by atoms with E-state index in [1.165, 1.54) is 37.0 Å². The second-order valence-corrected chi connectivity index (χ2v) is 6.57. The molecule has 2 unspecified atom stereocenters. The first-order valence-corrected chi connectivity index (χ1v) is 7.80. The van der Waals surface area contributed by atoms with Crippen molar-refractivity contribution in [1.82, 2.24) is 10.3 Å². The van der Waals surface area contributed by atoms with Gasteiger partial charge in [-0.25, -0.2) is 4.98 Å². The highest BCUT2D eigenvalue weighted by Gasteiger charge is 2.23. The number of nitrogens with one attached hydrogen (secondary N) is 1. The minimum absolute atomic E-state index is 0.0234. The zero-order valence-electron chi connectivity index (χ0n) is 9.91. The largest absolute Gasteiger partial charge is 0.351 e. The Kier molecular flexibility index (Phi) is 4.56. The maximum Gasteiger partial charge on any atom is 0.263 e. The smallest absolute Gasteiger partial charge is 0.263 e. The average molecular weight is 317 g/mol. The molecule has 17 heavy (non-hydrogen) atoms. The third kappa shape index (κ3) is 3.28. The van der Waals surface area contributed by atoms with Crippen molar-refractivity contribution in [3.63, 3.8) is 0 Å². The van der Waals surface area contributed by atoms with Crippen LogP contribution in [0.25, 0.3) is 0 Å². The lowest BCUT2D eigenvalue weighted by molar-refractivity contribution is 0.0948. The van der Waals surface area contributed by atoms with Crippen molar-refractivity contribution in [2.75, 3.05) is 6.54 Å². The van der Waals surface area contributed by atoms with Crippen LogP contribution in [-0.2, 0) is 0 Å². The molecule has 0 aromatic carbocycles. The molecule has 1 aromatic heterocycles. The van der Waals surface area contributed by atoms with Crippen molar-refractivity contribution in [3.05, 3.63) is 16.1 Å². The minimum atomic E-state index is 0.0234. The maximum absolute atomic E-state index is 11.9. The van der Waals surface area contributed by atoms with E-state index in [0.29, 0.717) is 10.7 Å². The Bertz CT molecular complexity index is 394. The zero-order chi connectivity index (χ0) is 12.3. The molecule has 0 radical (unpaired) electrons. The van der Waals surface area contributed by atoms with Gasteiger partial charge in [0.05, 0.1) is 11.2 Å². The van der Waals surface area contributed by atoms with E-state index in [1.54, 1.807) is 5.51 Å². The third-order valence-electron chi connectivity index (χ3n) is 3.29. The van der Waals surface area contributed by atoms with Crippen LogP contribution in [0, 0.1) is 12.8 Å². The van der Waals surface area contributed by atoms with Crippen LogP contribution in [0.4, 0.5) is 0 Å². The highest BCUT2D eigenvalue weighted by molar-refractivity contribution is 9.09.